The molecule has 0 bridgehead atoms. The van der Waals surface area contributed by atoms with Crippen molar-refractivity contribution in [2.24, 2.45) is 0 Å². The molecule has 1 aromatic rings. The number of benzene rings is 1. The van der Waals surface area contributed by atoms with Crippen molar-refractivity contribution in [1.29, 1.82) is 0 Å². The van der Waals surface area contributed by atoms with Crippen molar-refractivity contribution in [2.45, 2.75) is 30.9 Å². The van der Waals surface area contributed by atoms with E-state index in [1.807, 2.05) is 0 Å². The van der Waals surface area contributed by atoms with E-state index in [9.17, 15) is 9.00 Å². The summed E-state index contributed by atoms with van der Waals surface area (Å²) in [6.45, 7) is 0. The van der Waals surface area contributed by atoms with E-state index in [0.29, 0.717) is 15.6 Å². The lowest BCUT2D eigenvalue weighted by Crippen LogP contribution is -2.19. The summed E-state index contributed by atoms with van der Waals surface area (Å²) in [5.41, 5.74) is 0.482. The van der Waals surface area contributed by atoms with Gasteiger partial charge in [-0.15, -0.1) is 0 Å². The first-order valence-corrected chi connectivity index (χ1v) is 8.07. The van der Waals surface area contributed by atoms with Crippen LogP contribution in [0.3, 0.4) is 0 Å². The van der Waals surface area contributed by atoms with Gasteiger partial charge in [-0.25, -0.2) is 0 Å². The van der Waals surface area contributed by atoms with Crippen LogP contribution in [0.15, 0.2) is 18.2 Å². The highest BCUT2D eigenvalue weighted by molar-refractivity contribution is 7.86. The van der Waals surface area contributed by atoms with E-state index >= 15 is 0 Å². The largest absolute Gasteiger partial charge is 0.293 e. The van der Waals surface area contributed by atoms with Crippen molar-refractivity contribution >= 4 is 39.8 Å². The van der Waals surface area contributed by atoms with E-state index in [0.717, 1.165) is 25.7 Å². The molecule has 2 nitrogen and oxygen atoms in total. The Morgan fingerprint density at radius 3 is 2.50 bits per heavy atom. The molecule has 1 aromatic carbocycles. The quantitative estimate of drug-likeness (QED) is 0.791. The SMILES string of the molecule is O=C(CS(=O)C1CCCC1)c1ccc(Cl)c(Cl)c1. The Labute approximate surface area is 119 Å². The summed E-state index contributed by atoms with van der Waals surface area (Å²) in [7, 11) is -1.06. The van der Waals surface area contributed by atoms with Gasteiger partial charge in [0, 0.05) is 21.6 Å². The number of hydrogen-bond acceptors (Lipinski definition) is 2. The molecule has 1 unspecified atom stereocenters. The zero-order valence-electron chi connectivity index (χ0n) is 9.83. The smallest absolute Gasteiger partial charge is 0.175 e. The molecule has 0 saturated heterocycles. The third kappa shape index (κ3) is 3.34. The lowest BCUT2D eigenvalue weighted by atomic mass is 10.1. The molecule has 0 aliphatic heterocycles. The van der Waals surface area contributed by atoms with Crippen molar-refractivity contribution in [1.82, 2.24) is 0 Å². The number of rotatable bonds is 4. The van der Waals surface area contributed by atoms with Gasteiger partial charge in [-0.1, -0.05) is 36.0 Å². The van der Waals surface area contributed by atoms with E-state index in [2.05, 4.69) is 0 Å². The number of hydrogen-bond donors (Lipinski definition) is 0. The van der Waals surface area contributed by atoms with Crippen LogP contribution in [0.2, 0.25) is 10.0 Å². The van der Waals surface area contributed by atoms with Crippen molar-refractivity contribution in [3.05, 3.63) is 33.8 Å². The van der Waals surface area contributed by atoms with Crippen LogP contribution in [0, 0.1) is 0 Å². The summed E-state index contributed by atoms with van der Waals surface area (Å²) in [5, 5.41) is 0.969. The van der Waals surface area contributed by atoms with Gasteiger partial charge >= 0.3 is 0 Å². The fourth-order valence-electron chi connectivity index (χ4n) is 2.15. The molecule has 0 heterocycles. The Balaban J connectivity index is 2.02. The minimum atomic E-state index is -1.06. The average molecular weight is 305 g/mol. The van der Waals surface area contributed by atoms with E-state index in [1.165, 1.54) is 6.07 Å². The third-order valence-corrected chi connectivity index (χ3v) is 5.69. The van der Waals surface area contributed by atoms with Crippen LogP contribution in [0.1, 0.15) is 36.0 Å². The van der Waals surface area contributed by atoms with Crippen molar-refractivity contribution in [3.8, 4) is 0 Å². The maximum Gasteiger partial charge on any atom is 0.175 e. The number of carbonyl (C=O) groups is 1. The molecule has 0 spiro atoms. The fourth-order valence-corrected chi connectivity index (χ4v) is 3.97. The van der Waals surface area contributed by atoms with Gasteiger partial charge in [0.15, 0.2) is 5.78 Å². The monoisotopic (exact) mass is 304 g/mol. The highest BCUT2D eigenvalue weighted by Crippen LogP contribution is 2.25. The highest BCUT2D eigenvalue weighted by Gasteiger charge is 2.23. The van der Waals surface area contributed by atoms with Gasteiger partial charge in [-0.05, 0) is 31.0 Å². The van der Waals surface area contributed by atoms with Crippen LogP contribution < -0.4 is 0 Å². The summed E-state index contributed by atoms with van der Waals surface area (Å²) in [6.07, 6.45) is 4.19. The topological polar surface area (TPSA) is 34.1 Å². The molecule has 18 heavy (non-hydrogen) atoms. The minimum Gasteiger partial charge on any atom is -0.293 e. The van der Waals surface area contributed by atoms with Crippen LogP contribution in [0.4, 0.5) is 0 Å². The summed E-state index contributed by atoms with van der Waals surface area (Å²) >= 11 is 11.7. The molecule has 0 aromatic heterocycles. The lowest BCUT2D eigenvalue weighted by molar-refractivity contribution is 0.102. The molecule has 0 N–H and O–H groups in total. The Morgan fingerprint density at radius 1 is 1.22 bits per heavy atom. The van der Waals surface area contributed by atoms with E-state index in [4.69, 9.17) is 23.2 Å². The zero-order valence-corrected chi connectivity index (χ0v) is 12.2. The van der Waals surface area contributed by atoms with Gasteiger partial charge in [0.25, 0.3) is 0 Å². The van der Waals surface area contributed by atoms with Crippen LogP contribution in [0.25, 0.3) is 0 Å². The van der Waals surface area contributed by atoms with Gasteiger partial charge in [0.05, 0.1) is 15.8 Å². The van der Waals surface area contributed by atoms with Crippen LogP contribution in [-0.2, 0) is 10.8 Å². The highest BCUT2D eigenvalue weighted by atomic mass is 35.5. The van der Waals surface area contributed by atoms with Crippen molar-refractivity contribution in [3.63, 3.8) is 0 Å². The Bertz CT molecular complexity index is 482. The van der Waals surface area contributed by atoms with Crippen LogP contribution in [0.5, 0.6) is 0 Å². The van der Waals surface area contributed by atoms with Crippen LogP contribution >= 0.6 is 23.2 Å². The summed E-state index contributed by atoms with van der Waals surface area (Å²) in [6, 6.07) is 4.76. The molecule has 2 rings (SSSR count). The van der Waals surface area contributed by atoms with E-state index in [1.54, 1.807) is 12.1 Å². The standard InChI is InChI=1S/C13H14Cl2O2S/c14-11-6-5-9(7-12(11)15)13(16)8-18(17)10-3-1-2-4-10/h5-7,10H,1-4,8H2. The average Bonchev–Trinajstić information content (AvgIpc) is 2.86. The fraction of sp³-hybridized carbons (Fsp3) is 0.462. The minimum absolute atomic E-state index is 0.0859. The van der Waals surface area contributed by atoms with Crippen molar-refractivity contribution in [2.75, 3.05) is 5.75 Å². The Hall–Kier alpha value is -0.380. The van der Waals surface area contributed by atoms with Gasteiger partial charge in [0.2, 0.25) is 0 Å². The molecule has 1 aliphatic carbocycles. The van der Waals surface area contributed by atoms with Crippen molar-refractivity contribution < 1.29 is 9.00 Å². The van der Waals surface area contributed by atoms with Crippen LogP contribution in [-0.4, -0.2) is 21.0 Å². The Kier molecular flexibility index (Phi) is 4.82. The molecular formula is C13H14Cl2O2S. The summed E-state index contributed by atoms with van der Waals surface area (Å²) in [5.74, 6) is -0.0402. The normalized spacial score (nSPS) is 17.9. The molecule has 1 atom stereocenters. The summed E-state index contributed by atoms with van der Waals surface area (Å²) in [4.78, 5) is 12.0. The third-order valence-electron chi connectivity index (χ3n) is 3.19. The van der Waals surface area contributed by atoms with Gasteiger partial charge < -0.3 is 0 Å². The first-order valence-electron chi connectivity index (χ1n) is 5.93. The van der Waals surface area contributed by atoms with Gasteiger partial charge in [-0.2, -0.15) is 0 Å². The van der Waals surface area contributed by atoms with Gasteiger partial charge in [-0.3, -0.25) is 9.00 Å². The van der Waals surface area contributed by atoms with E-state index < -0.39 is 10.8 Å². The Morgan fingerprint density at radius 2 is 1.89 bits per heavy atom. The predicted octanol–water partition coefficient (Wildman–Crippen LogP) is 3.87. The molecule has 0 radical (unpaired) electrons. The second kappa shape index (κ2) is 6.18. The first kappa shape index (κ1) is 14.0. The molecule has 1 aliphatic rings. The molecule has 98 valence electrons. The zero-order chi connectivity index (χ0) is 13.1. The number of Topliss-reactive ketones (excluding diaryl/α,β-unsaturated/α-hetero) is 1. The molecule has 1 saturated carbocycles. The molecule has 5 heteroatoms. The molecule has 0 amide bonds. The second-order valence-corrected chi connectivity index (χ2v) is 7.01. The predicted molar refractivity (Wildman–Crippen MR) is 76.1 cm³/mol. The maximum absolute atomic E-state index is 12.0. The molecule has 1 fully saturated rings. The lowest BCUT2D eigenvalue weighted by Gasteiger charge is -2.08. The first-order chi connectivity index (χ1) is 8.58. The summed E-state index contributed by atoms with van der Waals surface area (Å²) < 4.78 is 12.0. The number of carbonyl (C=O) groups excluding carboxylic acids is 1. The second-order valence-electron chi connectivity index (χ2n) is 4.48. The maximum atomic E-state index is 12.0. The van der Waals surface area contributed by atoms with Gasteiger partial charge in [0.1, 0.15) is 0 Å². The molecular weight excluding hydrogens is 291 g/mol. The van der Waals surface area contributed by atoms with E-state index in [-0.39, 0.29) is 16.8 Å². The number of halogens is 2. The number of ketones is 1.